The Labute approximate surface area is 247 Å². The SMILES string of the molecule is Fc1ccc([Si](c2cc(Cl)c(Cl)c(Cl)c2)(c2cc(Cl)c(Cl)c(Cl)c2)c2cc(Cl)c(Cl)c(Cl)c2)cc1. The summed E-state index contributed by atoms with van der Waals surface area (Å²) in [6.45, 7) is 0. The van der Waals surface area contributed by atoms with Crippen LogP contribution in [0.1, 0.15) is 0 Å². The summed E-state index contributed by atoms with van der Waals surface area (Å²) in [6.07, 6.45) is 0. The van der Waals surface area contributed by atoms with Gasteiger partial charge in [0, 0.05) is 0 Å². The average molecular weight is 665 g/mol. The lowest BCUT2D eigenvalue weighted by molar-refractivity contribution is 0.628. The first-order valence-electron chi connectivity index (χ1n) is 9.68. The van der Waals surface area contributed by atoms with Crippen molar-refractivity contribution in [2.45, 2.75) is 0 Å². The van der Waals surface area contributed by atoms with Crippen LogP contribution in [0.15, 0.2) is 60.7 Å². The summed E-state index contributed by atoms with van der Waals surface area (Å²) < 4.78 is 14.1. The van der Waals surface area contributed by atoms with Crippen LogP contribution in [0.5, 0.6) is 0 Å². The number of hydrogen-bond acceptors (Lipinski definition) is 0. The molecule has 0 nitrogen and oxygen atoms in total. The zero-order valence-corrected chi connectivity index (χ0v) is 24.9. The van der Waals surface area contributed by atoms with Gasteiger partial charge in [0.2, 0.25) is 0 Å². The fourth-order valence-electron chi connectivity index (χ4n) is 4.02. The maximum Gasteiger partial charge on any atom is 0.179 e. The smallest absolute Gasteiger partial charge is 0.179 e. The van der Waals surface area contributed by atoms with Crippen molar-refractivity contribution in [3.05, 3.63) is 112 Å². The minimum Gasteiger partial charge on any atom is -0.207 e. The topological polar surface area (TPSA) is 0 Å². The van der Waals surface area contributed by atoms with Crippen LogP contribution in [0.25, 0.3) is 0 Å². The van der Waals surface area contributed by atoms with E-state index in [2.05, 4.69) is 0 Å². The quantitative estimate of drug-likeness (QED) is 0.116. The third kappa shape index (κ3) is 5.05. The normalized spacial score (nSPS) is 11.7. The van der Waals surface area contributed by atoms with E-state index in [1.807, 2.05) is 0 Å². The zero-order valence-electron chi connectivity index (χ0n) is 17.1. The van der Waals surface area contributed by atoms with E-state index >= 15 is 0 Å². The number of rotatable bonds is 4. The fourth-order valence-corrected chi connectivity index (χ4v) is 11.2. The predicted molar refractivity (Wildman–Crippen MR) is 155 cm³/mol. The highest BCUT2D eigenvalue weighted by atomic mass is 35.5. The van der Waals surface area contributed by atoms with E-state index in [0.717, 1.165) is 5.19 Å². The van der Waals surface area contributed by atoms with Gasteiger partial charge >= 0.3 is 0 Å². The van der Waals surface area contributed by atoms with Crippen LogP contribution in [0.2, 0.25) is 45.2 Å². The highest BCUT2D eigenvalue weighted by Gasteiger charge is 2.43. The summed E-state index contributed by atoms with van der Waals surface area (Å²) in [6, 6.07) is 16.3. The Kier molecular flexibility index (Phi) is 8.53. The molecule has 0 heterocycles. The molecule has 0 saturated carbocycles. The molecule has 0 aliphatic carbocycles. The Bertz CT molecular complexity index is 1250. The molecule has 4 aromatic rings. The van der Waals surface area contributed by atoms with E-state index in [1.54, 1.807) is 48.5 Å². The molecule has 0 spiro atoms. The summed E-state index contributed by atoms with van der Waals surface area (Å²) in [5.41, 5.74) is 0. The molecule has 11 heteroatoms. The van der Waals surface area contributed by atoms with Crippen LogP contribution < -0.4 is 20.7 Å². The van der Waals surface area contributed by atoms with E-state index in [1.165, 1.54) is 12.1 Å². The van der Waals surface area contributed by atoms with Gasteiger partial charge in [0.05, 0.1) is 45.2 Å². The number of hydrogen-bond donors (Lipinski definition) is 0. The average Bonchev–Trinajstić information content (AvgIpc) is 2.80. The van der Waals surface area contributed by atoms with Gasteiger partial charge in [-0.15, -0.1) is 0 Å². The highest BCUT2D eigenvalue weighted by molar-refractivity contribution is 7.20. The van der Waals surface area contributed by atoms with Crippen molar-refractivity contribution in [2.24, 2.45) is 0 Å². The Morgan fingerprint density at radius 2 is 0.657 bits per heavy atom. The Balaban J connectivity index is 2.27. The summed E-state index contributed by atoms with van der Waals surface area (Å²) in [5, 5.41) is 4.74. The van der Waals surface area contributed by atoms with Gasteiger partial charge in [0.25, 0.3) is 0 Å². The monoisotopic (exact) mass is 660 g/mol. The number of benzene rings is 4. The standard InChI is InChI=1S/C24H10Cl9FSi/c25-16-5-13(6-17(26)22(16)31)35(12-3-1-11(34)2-4-12,14-7-18(27)23(32)19(28)8-14)15-9-20(29)24(33)21(30)10-15/h1-10H. The molecule has 35 heavy (non-hydrogen) atoms. The first kappa shape index (κ1) is 27.7. The summed E-state index contributed by atoms with van der Waals surface area (Å²) >= 11 is 57.8. The van der Waals surface area contributed by atoms with Crippen molar-refractivity contribution in [3.63, 3.8) is 0 Å². The zero-order chi connectivity index (χ0) is 25.7. The largest absolute Gasteiger partial charge is 0.207 e. The van der Waals surface area contributed by atoms with Crippen LogP contribution in [-0.4, -0.2) is 8.07 Å². The third-order valence-electron chi connectivity index (χ3n) is 5.53. The Hall–Kier alpha value is -0.363. The molecule has 0 N–H and O–H groups in total. The van der Waals surface area contributed by atoms with Crippen LogP contribution in [0, 0.1) is 5.82 Å². The van der Waals surface area contributed by atoms with E-state index in [0.29, 0.717) is 15.6 Å². The summed E-state index contributed by atoms with van der Waals surface area (Å²) in [7, 11) is -3.43. The molecule has 0 fully saturated rings. The van der Waals surface area contributed by atoms with Gasteiger partial charge < -0.3 is 0 Å². The first-order valence-corrected chi connectivity index (χ1v) is 15.1. The molecule has 0 unspecified atom stereocenters. The lowest BCUT2D eigenvalue weighted by atomic mass is 10.3. The second kappa shape index (κ2) is 10.8. The summed E-state index contributed by atoms with van der Waals surface area (Å²) in [4.78, 5) is 0. The molecule has 0 aliphatic heterocycles. The predicted octanol–water partition coefficient (Wildman–Crippen LogP) is 9.08. The van der Waals surface area contributed by atoms with Crippen LogP contribution in [0.4, 0.5) is 4.39 Å². The van der Waals surface area contributed by atoms with Crippen molar-refractivity contribution >= 4 is 133 Å². The Morgan fingerprint density at radius 3 is 0.914 bits per heavy atom. The van der Waals surface area contributed by atoms with Crippen LogP contribution >= 0.6 is 104 Å². The molecule has 0 aliphatic rings. The van der Waals surface area contributed by atoms with Gasteiger partial charge in [-0.2, -0.15) is 0 Å². The molecular weight excluding hydrogens is 654 g/mol. The van der Waals surface area contributed by atoms with Gasteiger partial charge in [0.1, 0.15) is 5.82 Å². The molecule has 0 radical (unpaired) electrons. The van der Waals surface area contributed by atoms with Crippen LogP contribution in [-0.2, 0) is 0 Å². The Morgan fingerprint density at radius 1 is 0.400 bits per heavy atom. The lowest BCUT2D eigenvalue weighted by Crippen LogP contribution is -2.75. The molecule has 0 amide bonds. The molecule has 0 bridgehead atoms. The molecule has 0 saturated heterocycles. The van der Waals surface area contributed by atoms with Gasteiger partial charge in [-0.25, -0.2) is 4.39 Å². The number of halogens is 10. The maximum absolute atomic E-state index is 14.1. The van der Waals surface area contributed by atoms with E-state index in [9.17, 15) is 4.39 Å². The molecule has 4 rings (SSSR count). The second-order valence-electron chi connectivity index (χ2n) is 7.52. The molecular formula is C24H10Cl9FSi. The van der Waals surface area contributed by atoms with Crippen LogP contribution in [0.3, 0.4) is 0 Å². The second-order valence-corrected chi connectivity index (χ2v) is 14.9. The van der Waals surface area contributed by atoms with Crippen molar-refractivity contribution in [1.29, 1.82) is 0 Å². The first-order chi connectivity index (χ1) is 16.5. The van der Waals surface area contributed by atoms with Gasteiger partial charge in [-0.05, 0) is 69.3 Å². The fraction of sp³-hybridized carbons (Fsp3) is 0. The molecule has 0 atom stereocenters. The van der Waals surface area contributed by atoms with Crippen molar-refractivity contribution in [2.75, 3.05) is 0 Å². The van der Waals surface area contributed by atoms with E-state index in [-0.39, 0.29) is 45.2 Å². The van der Waals surface area contributed by atoms with Gasteiger partial charge in [0.15, 0.2) is 8.07 Å². The maximum atomic E-state index is 14.1. The van der Waals surface area contributed by atoms with Gasteiger partial charge in [-0.1, -0.05) is 117 Å². The van der Waals surface area contributed by atoms with Crippen molar-refractivity contribution < 1.29 is 4.39 Å². The molecule has 0 aromatic heterocycles. The van der Waals surface area contributed by atoms with Crippen molar-refractivity contribution in [3.8, 4) is 0 Å². The lowest BCUT2D eigenvalue weighted by Gasteiger charge is -2.35. The molecule has 4 aromatic carbocycles. The van der Waals surface area contributed by atoms with Gasteiger partial charge in [-0.3, -0.25) is 0 Å². The van der Waals surface area contributed by atoms with E-state index < -0.39 is 13.9 Å². The minimum absolute atomic E-state index is 0.193. The van der Waals surface area contributed by atoms with Crippen molar-refractivity contribution in [1.82, 2.24) is 0 Å². The highest BCUT2D eigenvalue weighted by Crippen LogP contribution is 2.34. The molecule has 180 valence electrons. The van der Waals surface area contributed by atoms with E-state index in [4.69, 9.17) is 104 Å². The third-order valence-corrected chi connectivity index (χ3v) is 13.8. The summed E-state index contributed by atoms with van der Waals surface area (Å²) in [5.74, 6) is -0.414. The minimum atomic E-state index is -3.43.